The Labute approximate surface area is 98.1 Å². The van der Waals surface area contributed by atoms with Gasteiger partial charge in [-0.05, 0) is 0 Å². The number of nitrogens with two attached hydrogens (primary N) is 2. The molecule has 0 atom stereocenters. The van der Waals surface area contributed by atoms with Crippen molar-refractivity contribution in [1.29, 1.82) is 0 Å². The first kappa shape index (κ1) is 40.7. The molecule has 0 amide bonds. The molecule has 0 aliphatic carbocycles. The van der Waals surface area contributed by atoms with Gasteiger partial charge in [0.2, 0.25) is 0 Å². The van der Waals surface area contributed by atoms with Gasteiger partial charge in [0.25, 0.3) is 0 Å². The second-order valence-electron chi connectivity index (χ2n) is 0.659. The summed E-state index contributed by atoms with van der Waals surface area (Å²) in [5.74, 6) is 0. The average Bonchev–Trinajstić information content (AvgIpc) is 1.69. The molecule has 0 unspecified atom stereocenters. The van der Waals surface area contributed by atoms with Crippen molar-refractivity contribution in [2.45, 2.75) is 0 Å². The van der Waals surface area contributed by atoms with Crippen molar-refractivity contribution >= 4 is 0 Å². The molecule has 0 aliphatic heterocycles. The van der Waals surface area contributed by atoms with Gasteiger partial charge in [0.05, 0.1) is 0 Å². The minimum atomic E-state index is 0. The largest absolute Gasteiger partial charge is 4.00 e. The molecule has 0 heterocycles. The molecule has 0 aliphatic rings. The summed E-state index contributed by atoms with van der Waals surface area (Å²) >= 11 is 0. The van der Waals surface area contributed by atoms with Crippen molar-refractivity contribution in [1.82, 2.24) is 0 Å². The average molecular weight is 409 g/mol. The van der Waals surface area contributed by atoms with Gasteiger partial charge in [0, 0.05) is 13.1 Å². The zero-order chi connectivity index (χ0) is 6.12. The number of hydrogen-bond acceptors (Lipinski definition) is 4. The van der Waals surface area contributed by atoms with Crippen LogP contribution in [0.1, 0.15) is 0 Å². The molecule has 0 bridgehead atoms. The van der Waals surface area contributed by atoms with E-state index in [4.69, 9.17) is 21.6 Å². The van der Waals surface area contributed by atoms with E-state index in [1.165, 1.54) is 5.34 Å². The van der Waals surface area contributed by atoms with Gasteiger partial charge >= 0.3 is 21.1 Å². The molecule has 0 radical (unpaired) electrons. The zero-order valence-electron chi connectivity index (χ0n) is 5.32. The van der Waals surface area contributed by atoms with Crippen molar-refractivity contribution < 1.29 is 63.5 Å². The Kier molecular flexibility index (Phi) is 261. The van der Waals surface area contributed by atoms with Gasteiger partial charge < -0.3 is 53.9 Å². The van der Waals surface area contributed by atoms with Crippen molar-refractivity contribution in [3.05, 3.63) is 4.91 Å². The fourth-order valence-corrected chi connectivity index (χ4v) is 0. The molecule has 0 fully saturated rings. The third-order valence-corrected chi connectivity index (χ3v) is 0.167. The van der Waals surface area contributed by atoms with Crippen molar-refractivity contribution in [3.63, 3.8) is 0 Å². The van der Waals surface area contributed by atoms with E-state index in [0.717, 1.165) is 0 Å². The van der Waals surface area contributed by atoms with Crippen LogP contribution >= 0.6 is 0 Å². The molecule has 0 spiro atoms. The minimum Gasteiger partial charge on any atom is -1.00 e. The van der Waals surface area contributed by atoms with Crippen LogP contribution in [-0.2, 0) is 21.1 Å². The van der Waals surface area contributed by atoms with Crippen LogP contribution in [0.5, 0.6) is 0 Å². The number of nitrogens with zero attached hydrogens (tertiary/aromatic N) is 1. The van der Waals surface area contributed by atoms with Gasteiger partial charge in [0.1, 0.15) is 0 Å². The molecule has 5 N–H and O–H groups in total. The van der Waals surface area contributed by atoms with E-state index in [0.29, 0.717) is 13.1 Å². The van der Waals surface area contributed by atoms with Crippen LogP contribution in [0.4, 0.5) is 0 Å². The molecule has 0 saturated carbocycles. The summed E-state index contributed by atoms with van der Waals surface area (Å²) in [5, 5.41) is 7.89. The first-order valence-corrected chi connectivity index (χ1v) is 1.70. The summed E-state index contributed by atoms with van der Waals surface area (Å²) in [5.41, 5.74) is 9.81. The van der Waals surface area contributed by atoms with Crippen LogP contribution < -0.4 is 48.7 Å². The van der Waals surface area contributed by atoms with Gasteiger partial charge in [-0.3, -0.25) is 0 Å². The molecule has 0 aromatic heterocycles. The maximum Gasteiger partial charge on any atom is 4.00 e. The SMILES string of the molecule is NCCN.O=NO.[Cl-].[Cl-].[Cl-].[Pt+4]. The number of rotatable bonds is 1. The Morgan fingerprint density at radius 3 is 1.18 bits per heavy atom. The van der Waals surface area contributed by atoms with E-state index in [-0.39, 0.29) is 58.3 Å². The molecule has 11 heavy (non-hydrogen) atoms. The maximum atomic E-state index is 8.11. The van der Waals surface area contributed by atoms with Gasteiger partial charge in [-0.15, -0.1) is 4.91 Å². The number of halogens is 3. The molecule has 0 saturated heterocycles. The quantitative estimate of drug-likeness (QED) is 0.296. The van der Waals surface area contributed by atoms with Gasteiger partial charge in [-0.25, -0.2) is 0 Å². The molecular weight excluding hydrogens is 399 g/mol. The van der Waals surface area contributed by atoms with E-state index < -0.39 is 0 Å². The fourth-order valence-electron chi connectivity index (χ4n) is 0. The molecule has 0 rings (SSSR count). The van der Waals surface area contributed by atoms with Gasteiger partial charge in [-0.2, -0.15) is 0 Å². The summed E-state index contributed by atoms with van der Waals surface area (Å²) < 4.78 is 0. The van der Waals surface area contributed by atoms with Crippen LogP contribution in [0.15, 0.2) is 5.34 Å². The standard InChI is InChI=1S/C2H8N2.3ClH.HNO2.Pt/c3-1-2-4;;;;2-1-3;/h1-4H2;3*1H;(H,2,3);/q;;;;;+4/p-3. The van der Waals surface area contributed by atoms with E-state index in [9.17, 15) is 0 Å². The molecule has 0 aromatic carbocycles. The Morgan fingerprint density at radius 1 is 1.09 bits per heavy atom. The summed E-state index contributed by atoms with van der Waals surface area (Å²) in [4.78, 5) is 8.11. The Morgan fingerprint density at radius 2 is 1.18 bits per heavy atom. The first-order chi connectivity index (χ1) is 3.33. The predicted octanol–water partition coefficient (Wildman–Crippen LogP) is -9.94. The molecule has 0 aromatic rings. The Hall–Kier alpha value is 0.878. The first-order valence-electron chi connectivity index (χ1n) is 1.70. The summed E-state index contributed by atoms with van der Waals surface area (Å²) in [7, 11) is 0. The second-order valence-corrected chi connectivity index (χ2v) is 0.659. The zero-order valence-corrected chi connectivity index (χ0v) is 9.86. The van der Waals surface area contributed by atoms with Crippen LogP contribution in [0.3, 0.4) is 0 Å². The van der Waals surface area contributed by atoms with Gasteiger partial charge in [0.15, 0.2) is 5.34 Å². The molecule has 5 nitrogen and oxygen atoms in total. The number of hydrogen-bond donors (Lipinski definition) is 3. The summed E-state index contributed by atoms with van der Waals surface area (Å²) in [6.45, 7) is 1.19. The Balaban J connectivity index is -0.00000000848. The second kappa shape index (κ2) is 70.6. The summed E-state index contributed by atoms with van der Waals surface area (Å²) in [6.07, 6.45) is 0. The fraction of sp³-hybridized carbons (Fsp3) is 1.00. The molecule has 74 valence electrons. The van der Waals surface area contributed by atoms with E-state index >= 15 is 0 Å². The molecular formula is C2H9Cl3N3O2Pt+. The topological polar surface area (TPSA) is 102 Å². The van der Waals surface area contributed by atoms with E-state index in [2.05, 4.69) is 0 Å². The van der Waals surface area contributed by atoms with Gasteiger partial charge in [-0.1, -0.05) is 0 Å². The summed E-state index contributed by atoms with van der Waals surface area (Å²) in [6, 6.07) is 0. The van der Waals surface area contributed by atoms with Crippen molar-refractivity contribution in [2.75, 3.05) is 13.1 Å². The van der Waals surface area contributed by atoms with Crippen LogP contribution in [0.2, 0.25) is 0 Å². The third kappa shape index (κ3) is 243. The van der Waals surface area contributed by atoms with E-state index in [1.54, 1.807) is 0 Å². The predicted molar refractivity (Wildman–Crippen MR) is 25.7 cm³/mol. The van der Waals surface area contributed by atoms with E-state index in [1.807, 2.05) is 0 Å². The van der Waals surface area contributed by atoms with Crippen molar-refractivity contribution in [3.8, 4) is 0 Å². The monoisotopic (exact) mass is 407 g/mol. The smallest absolute Gasteiger partial charge is 1.00 e. The minimum absolute atomic E-state index is 0. The van der Waals surface area contributed by atoms with Crippen LogP contribution in [0, 0.1) is 4.91 Å². The normalized spacial score (nSPS) is 3.82. The Bertz CT molecular complexity index is 43.8. The van der Waals surface area contributed by atoms with Crippen molar-refractivity contribution in [2.24, 2.45) is 16.8 Å². The molecule has 9 heteroatoms. The third-order valence-electron chi connectivity index (χ3n) is 0.167. The maximum absolute atomic E-state index is 8.11. The van der Waals surface area contributed by atoms with Crippen LogP contribution in [0.25, 0.3) is 0 Å². The van der Waals surface area contributed by atoms with Crippen LogP contribution in [-0.4, -0.2) is 18.3 Å².